The molecule has 2 unspecified atom stereocenters. The number of benzene rings is 1. The Morgan fingerprint density at radius 2 is 2.00 bits per heavy atom. The van der Waals surface area contributed by atoms with Gasteiger partial charge >= 0.3 is 0 Å². The van der Waals surface area contributed by atoms with Crippen molar-refractivity contribution in [3.05, 3.63) is 23.8 Å². The molecule has 0 spiro atoms. The molecule has 1 aromatic rings. The predicted molar refractivity (Wildman–Crippen MR) is 88.4 cm³/mol. The van der Waals surface area contributed by atoms with Crippen molar-refractivity contribution in [1.82, 2.24) is 4.90 Å². The second-order valence-corrected chi connectivity index (χ2v) is 6.73. The monoisotopic (exact) mass is 304 g/mol. The summed E-state index contributed by atoms with van der Waals surface area (Å²) in [5, 5.41) is 0. The fraction of sp³-hybridized carbons (Fsp3) is 0.667. The molecule has 22 heavy (non-hydrogen) atoms. The SMILES string of the molecule is COc1cc(C2CC(CN)CN2C)ccc1OC1CCCC1. The highest BCUT2D eigenvalue weighted by molar-refractivity contribution is 5.44. The van der Waals surface area contributed by atoms with Gasteiger partial charge in [0.05, 0.1) is 13.2 Å². The zero-order valence-electron chi connectivity index (χ0n) is 13.8. The second-order valence-electron chi connectivity index (χ2n) is 6.73. The largest absolute Gasteiger partial charge is 0.493 e. The summed E-state index contributed by atoms with van der Waals surface area (Å²) >= 11 is 0. The van der Waals surface area contributed by atoms with Gasteiger partial charge in [-0.25, -0.2) is 0 Å². The van der Waals surface area contributed by atoms with Crippen molar-refractivity contribution >= 4 is 0 Å². The molecule has 122 valence electrons. The number of nitrogens with zero attached hydrogens (tertiary/aromatic N) is 1. The lowest BCUT2D eigenvalue weighted by Gasteiger charge is -2.22. The molecule has 1 aromatic carbocycles. The first-order chi connectivity index (χ1) is 10.7. The number of likely N-dealkylation sites (tertiary alicyclic amines) is 1. The minimum absolute atomic E-state index is 0.357. The van der Waals surface area contributed by atoms with E-state index < -0.39 is 0 Å². The highest BCUT2D eigenvalue weighted by Crippen LogP contribution is 2.38. The molecule has 2 N–H and O–H groups in total. The van der Waals surface area contributed by atoms with Crippen molar-refractivity contribution in [2.24, 2.45) is 11.7 Å². The highest BCUT2D eigenvalue weighted by atomic mass is 16.5. The molecule has 0 bridgehead atoms. The smallest absolute Gasteiger partial charge is 0.161 e. The van der Waals surface area contributed by atoms with Crippen LogP contribution in [0.2, 0.25) is 0 Å². The first-order valence-corrected chi connectivity index (χ1v) is 8.46. The molecule has 1 saturated carbocycles. The van der Waals surface area contributed by atoms with E-state index in [4.69, 9.17) is 15.2 Å². The average molecular weight is 304 g/mol. The first-order valence-electron chi connectivity index (χ1n) is 8.46. The fourth-order valence-corrected chi connectivity index (χ4v) is 3.84. The normalized spacial score (nSPS) is 26.5. The number of hydrogen-bond acceptors (Lipinski definition) is 4. The highest BCUT2D eigenvalue weighted by Gasteiger charge is 2.30. The number of ether oxygens (including phenoxy) is 2. The Morgan fingerprint density at radius 1 is 1.23 bits per heavy atom. The van der Waals surface area contributed by atoms with E-state index in [0.29, 0.717) is 18.1 Å². The third-order valence-electron chi connectivity index (χ3n) is 5.14. The van der Waals surface area contributed by atoms with E-state index >= 15 is 0 Å². The lowest BCUT2D eigenvalue weighted by molar-refractivity contribution is 0.200. The lowest BCUT2D eigenvalue weighted by atomic mass is 9.99. The standard InChI is InChI=1S/C18H28N2O2/c1-20-12-13(11-19)9-16(20)14-7-8-17(18(10-14)21-2)22-15-5-3-4-6-15/h7-8,10,13,15-16H,3-6,9,11-12,19H2,1-2H3. The zero-order chi connectivity index (χ0) is 15.5. The van der Waals surface area contributed by atoms with Crippen molar-refractivity contribution < 1.29 is 9.47 Å². The van der Waals surface area contributed by atoms with E-state index in [1.54, 1.807) is 7.11 Å². The van der Waals surface area contributed by atoms with Crippen LogP contribution in [0.25, 0.3) is 0 Å². The predicted octanol–water partition coefficient (Wildman–Crippen LogP) is 2.97. The van der Waals surface area contributed by atoms with E-state index in [9.17, 15) is 0 Å². The van der Waals surface area contributed by atoms with E-state index in [-0.39, 0.29) is 0 Å². The van der Waals surface area contributed by atoms with Gasteiger partial charge in [-0.1, -0.05) is 6.07 Å². The molecule has 2 atom stereocenters. The summed E-state index contributed by atoms with van der Waals surface area (Å²) in [6.07, 6.45) is 6.36. The third-order valence-corrected chi connectivity index (χ3v) is 5.14. The molecule has 3 rings (SSSR count). The van der Waals surface area contributed by atoms with Crippen molar-refractivity contribution in [1.29, 1.82) is 0 Å². The van der Waals surface area contributed by atoms with Crippen LogP contribution in [0.3, 0.4) is 0 Å². The maximum Gasteiger partial charge on any atom is 0.161 e. The topological polar surface area (TPSA) is 47.7 Å². The van der Waals surface area contributed by atoms with Gasteiger partial charge in [-0.2, -0.15) is 0 Å². The van der Waals surface area contributed by atoms with Gasteiger partial charge < -0.3 is 15.2 Å². The van der Waals surface area contributed by atoms with Crippen LogP contribution in [0.4, 0.5) is 0 Å². The summed E-state index contributed by atoms with van der Waals surface area (Å²) in [5.41, 5.74) is 7.14. The van der Waals surface area contributed by atoms with E-state index in [1.165, 1.54) is 18.4 Å². The Morgan fingerprint density at radius 3 is 2.64 bits per heavy atom. The van der Waals surface area contributed by atoms with E-state index in [0.717, 1.165) is 43.9 Å². The van der Waals surface area contributed by atoms with Gasteiger partial charge in [0.2, 0.25) is 0 Å². The van der Waals surface area contributed by atoms with E-state index in [1.807, 2.05) is 0 Å². The third kappa shape index (κ3) is 3.23. The van der Waals surface area contributed by atoms with E-state index in [2.05, 4.69) is 30.1 Å². The lowest BCUT2D eigenvalue weighted by Crippen LogP contribution is -2.20. The molecule has 2 aliphatic rings. The number of methoxy groups -OCH3 is 1. The van der Waals surface area contributed by atoms with Crippen LogP contribution in [0.5, 0.6) is 11.5 Å². The van der Waals surface area contributed by atoms with Gasteiger partial charge in [-0.05, 0) is 69.3 Å². The molecule has 1 heterocycles. The Balaban J connectivity index is 1.76. The van der Waals surface area contributed by atoms with Crippen molar-refractivity contribution in [3.63, 3.8) is 0 Å². The molecule has 1 aliphatic carbocycles. The molecule has 0 amide bonds. The second kappa shape index (κ2) is 6.88. The number of hydrogen-bond donors (Lipinski definition) is 1. The first kappa shape index (κ1) is 15.6. The molecule has 2 fully saturated rings. The minimum Gasteiger partial charge on any atom is -0.493 e. The summed E-state index contributed by atoms with van der Waals surface area (Å²) in [4.78, 5) is 2.39. The van der Waals surface area contributed by atoms with Crippen LogP contribution in [-0.4, -0.2) is 38.3 Å². The van der Waals surface area contributed by atoms with Crippen LogP contribution < -0.4 is 15.2 Å². The van der Waals surface area contributed by atoms with Gasteiger partial charge in [0.1, 0.15) is 0 Å². The number of nitrogens with two attached hydrogens (primary N) is 1. The Bertz CT molecular complexity index is 500. The minimum atomic E-state index is 0.357. The zero-order valence-corrected chi connectivity index (χ0v) is 13.8. The Labute approximate surface area is 133 Å². The summed E-state index contributed by atoms with van der Waals surface area (Å²) in [6, 6.07) is 6.84. The van der Waals surface area contributed by atoms with Gasteiger partial charge in [0, 0.05) is 12.6 Å². The molecule has 0 aromatic heterocycles. The van der Waals surface area contributed by atoms with Crippen LogP contribution in [0, 0.1) is 5.92 Å². The van der Waals surface area contributed by atoms with Gasteiger partial charge in [-0.15, -0.1) is 0 Å². The summed E-state index contributed by atoms with van der Waals surface area (Å²) < 4.78 is 11.7. The molecular formula is C18H28N2O2. The van der Waals surface area contributed by atoms with Crippen LogP contribution in [0.15, 0.2) is 18.2 Å². The van der Waals surface area contributed by atoms with Gasteiger partial charge in [0.15, 0.2) is 11.5 Å². The number of rotatable bonds is 5. The van der Waals surface area contributed by atoms with Crippen molar-refractivity contribution in [3.8, 4) is 11.5 Å². The Kier molecular flexibility index (Phi) is 4.89. The van der Waals surface area contributed by atoms with Crippen molar-refractivity contribution in [2.75, 3.05) is 27.2 Å². The van der Waals surface area contributed by atoms with Crippen LogP contribution >= 0.6 is 0 Å². The molecule has 1 saturated heterocycles. The molecule has 1 aliphatic heterocycles. The fourth-order valence-electron chi connectivity index (χ4n) is 3.84. The Hall–Kier alpha value is -1.26. The van der Waals surface area contributed by atoms with Crippen LogP contribution in [0.1, 0.15) is 43.7 Å². The van der Waals surface area contributed by atoms with Crippen molar-refractivity contribution in [2.45, 2.75) is 44.2 Å². The summed E-state index contributed by atoms with van der Waals surface area (Å²) in [5.74, 6) is 2.33. The maximum absolute atomic E-state index is 6.13. The van der Waals surface area contributed by atoms with Gasteiger partial charge in [0.25, 0.3) is 0 Å². The summed E-state index contributed by atoms with van der Waals surface area (Å²) in [6.45, 7) is 1.84. The summed E-state index contributed by atoms with van der Waals surface area (Å²) in [7, 11) is 3.90. The average Bonchev–Trinajstić information content (AvgIpc) is 3.17. The van der Waals surface area contributed by atoms with Gasteiger partial charge in [-0.3, -0.25) is 4.90 Å². The quantitative estimate of drug-likeness (QED) is 0.908. The molecule has 0 radical (unpaired) electrons. The molecule has 4 heteroatoms. The maximum atomic E-state index is 6.13. The molecule has 4 nitrogen and oxygen atoms in total. The van der Waals surface area contributed by atoms with Crippen LogP contribution in [-0.2, 0) is 0 Å². The molecular weight excluding hydrogens is 276 g/mol.